The molecule has 1 saturated heterocycles. The van der Waals surface area contributed by atoms with Gasteiger partial charge in [-0.05, 0) is 38.6 Å². The van der Waals surface area contributed by atoms with Crippen LogP contribution in [-0.4, -0.2) is 55.0 Å². The predicted molar refractivity (Wildman–Crippen MR) is 87.4 cm³/mol. The first-order chi connectivity index (χ1) is 9.97. The topological polar surface area (TPSA) is 61.6 Å². The highest BCUT2D eigenvalue weighted by Gasteiger charge is 2.21. The summed E-state index contributed by atoms with van der Waals surface area (Å²) in [6, 6.07) is 6.10. The summed E-state index contributed by atoms with van der Waals surface area (Å²) in [5.74, 6) is 0.0508. The quantitative estimate of drug-likeness (QED) is 0.826. The summed E-state index contributed by atoms with van der Waals surface area (Å²) in [5.41, 5.74) is 8.30. The number of amides is 1. The molecule has 3 N–H and O–H groups in total. The number of benzene rings is 1. The molecule has 1 atom stereocenters. The van der Waals surface area contributed by atoms with E-state index in [1.54, 1.807) is 0 Å². The fourth-order valence-electron chi connectivity index (χ4n) is 2.76. The van der Waals surface area contributed by atoms with Gasteiger partial charge in [0.15, 0.2) is 0 Å². The number of hydrogen-bond donors (Lipinski definition) is 2. The summed E-state index contributed by atoms with van der Waals surface area (Å²) in [6.07, 6.45) is 0.516. The van der Waals surface area contributed by atoms with E-state index >= 15 is 0 Å². The first-order valence-electron chi connectivity index (χ1n) is 7.55. The van der Waals surface area contributed by atoms with Gasteiger partial charge in [-0.2, -0.15) is 0 Å². The fraction of sp³-hybridized carbons (Fsp3) is 0.562. The SMILES string of the molecule is Cc1c(N)cccc1NC(=O)CCN1CCN(C)CC1C. The van der Waals surface area contributed by atoms with Crippen molar-refractivity contribution in [1.29, 1.82) is 0 Å². The van der Waals surface area contributed by atoms with Crippen molar-refractivity contribution in [1.82, 2.24) is 9.80 Å². The molecule has 5 nitrogen and oxygen atoms in total. The van der Waals surface area contributed by atoms with Crippen LogP contribution in [-0.2, 0) is 4.79 Å². The summed E-state index contributed by atoms with van der Waals surface area (Å²) in [7, 11) is 2.14. The molecular weight excluding hydrogens is 264 g/mol. The van der Waals surface area contributed by atoms with Crippen molar-refractivity contribution in [2.45, 2.75) is 26.3 Å². The number of nitrogens with one attached hydrogen (secondary N) is 1. The van der Waals surface area contributed by atoms with Gasteiger partial charge in [0.05, 0.1) is 0 Å². The minimum absolute atomic E-state index is 0.0508. The third-order valence-corrected chi connectivity index (χ3v) is 4.24. The van der Waals surface area contributed by atoms with Gasteiger partial charge in [-0.1, -0.05) is 6.07 Å². The molecule has 1 aliphatic heterocycles. The number of carbonyl (C=O) groups excluding carboxylic acids is 1. The molecule has 1 aromatic rings. The highest BCUT2D eigenvalue weighted by molar-refractivity contribution is 5.92. The summed E-state index contributed by atoms with van der Waals surface area (Å²) in [5, 5.41) is 2.96. The molecule has 0 radical (unpaired) electrons. The molecule has 0 aliphatic carbocycles. The maximum Gasteiger partial charge on any atom is 0.225 e. The largest absolute Gasteiger partial charge is 0.398 e. The molecule has 0 bridgehead atoms. The molecule has 1 heterocycles. The smallest absolute Gasteiger partial charge is 0.225 e. The maximum atomic E-state index is 12.1. The van der Waals surface area contributed by atoms with Crippen molar-refractivity contribution < 1.29 is 4.79 Å². The van der Waals surface area contributed by atoms with Gasteiger partial charge in [0.2, 0.25) is 5.91 Å². The lowest BCUT2D eigenvalue weighted by molar-refractivity contribution is -0.116. The third kappa shape index (κ3) is 4.19. The Morgan fingerprint density at radius 3 is 2.90 bits per heavy atom. The van der Waals surface area contributed by atoms with Crippen molar-refractivity contribution >= 4 is 17.3 Å². The molecule has 1 aromatic carbocycles. The molecule has 1 aliphatic rings. The van der Waals surface area contributed by atoms with Gasteiger partial charge in [-0.3, -0.25) is 9.69 Å². The van der Waals surface area contributed by atoms with E-state index in [0.717, 1.165) is 37.4 Å². The molecule has 0 saturated carbocycles. The number of rotatable bonds is 4. The zero-order chi connectivity index (χ0) is 15.4. The Hall–Kier alpha value is -1.59. The van der Waals surface area contributed by atoms with E-state index in [1.807, 2.05) is 25.1 Å². The fourth-order valence-corrected chi connectivity index (χ4v) is 2.76. The number of nitrogens with two attached hydrogens (primary N) is 1. The van der Waals surface area contributed by atoms with E-state index in [0.29, 0.717) is 18.2 Å². The minimum atomic E-state index is 0.0508. The van der Waals surface area contributed by atoms with Crippen LogP contribution in [0.5, 0.6) is 0 Å². The Balaban J connectivity index is 1.84. The normalized spacial score (nSPS) is 20.4. The second-order valence-electron chi connectivity index (χ2n) is 5.97. The Morgan fingerprint density at radius 1 is 1.43 bits per heavy atom. The van der Waals surface area contributed by atoms with E-state index in [2.05, 4.69) is 29.1 Å². The van der Waals surface area contributed by atoms with Crippen LogP contribution in [0.2, 0.25) is 0 Å². The van der Waals surface area contributed by atoms with Crippen LogP contribution >= 0.6 is 0 Å². The van der Waals surface area contributed by atoms with Crippen molar-refractivity contribution in [3.05, 3.63) is 23.8 Å². The molecule has 5 heteroatoms. The van der Waals surface area contributed by atoms with Crippen LogP contribution in [0.4, 0.5) is 11.4 Å². The van der Waals surface area contributed by atoms with Gasteiger partial charge in [0, 0.05) is 50.0 Å². The predicted octanol–water partition coefficient (Wildman–Crippen LogP) is 1.54. The number of piperazine rings is 1. The second kappa shape index (κ2) is 6.91. The van der Waals surface area contributed by atoms with Crippen LogP contribution in [0.3, 0.4) is 0 Å². The Morgan fingerprint density at radius 2 is 2.19 bits per heavy atom. The van der Waals surface area contributed by atoms with E-state index in [1.165, 1.54) is 0 Å². The monoisotopic (exact) mass is 290 g/mol. The van der Waals surface area contributed by atoms with Crippen LogP contribution < -0.4 is 11.1 Å². The van der Waals surface area contributed by atoms with Gasteiger partial charge < -0.3 is 16.0 Å². The van der Waals surface area contributed by atoms with Crippen LogP contribution in [0.15, 0.2) is 18.2 Å². The summed E-state index contributed by atoms with van der Waals surface area (Å²) >= 11 is 0. The Kier molecular flexibility index (Phi) is 5.20. The molecule has 116 valence electrons. The molecule has 1 amide bonds. The molecule has 2 rings (SSSR count). The lowest BCUT2D eigenvalue weighted by Gasteiger charge is -2.38. The lowest BCUT2D eigenvalue weighted by Crippen LogP contribution is -2.50. The zero-order valence-electron chi connectivity index (χ0n) is 13.2. The Bertz CT molecular complexity index is 503. The molecule has 21 heavy (non-hydrogen) atoms. The van der Waals surface area contributed by atoms with Gasteiger partial charge in [0.25, 0.3) is 0 Å². The molecular formula is C16H26N4O. The number of carbonyl (C=O) groups is 1. The van der Waals surface area contributed by atoms with Crippen LogP contribution in [0.25, 0.3) is 0 Å². The number of hydrogen-bond acceptors (Lipinski definition) is 4. The third-order valence-electron chi connectivity index (χ3n) is 4.24. The number of nitrogen functional groups attached to an aromatic ring is 1. The van der Waals surface area contributed by atoms with Crippen molar-refractivity contribution in [2.75, 3.05) is 44.3 Å². The van der Waals surface area contributed by atoms with Crippen molar-refractivity contribution in [3.63, 3.8) is 0 Å². The highest BCUT2D eigenvalue weighted by Crippen LogP contribution is 2.20. The van der Waals surface area contributed by atoms with Crippen LogP contribution in [0.1, 0.15) is 18.9 Å². The standard InChI is InChI=1S/C16H26N4O/c1-12-11-19(3)9-10-20(12)8-7-16(21)18-15-6-4-5-14(17)13(15)2/h4-6,12H,7-11,17H2,1-3H3,(H,18,21). The van der Waals surface area contributed by atoms with Gasteiger partial charge in [-0.15, -0.1) is 0 Å². The highest BCUT2D eigenvalue weighted by atomic mass is 16.1. The van der Waals surface area contributed by atoms with Crippen molar-refractivity contribution in [2.24, 2.45) is 0 Å². The second-order valence-corrected chi connectivity index (χ2v) is 5.97. The maximum absolute atomic E-state index is 12.1. The molecule has 0 aromatic heterocycles. The zero-order valence-corrected chi connectivity index (χ0v) is 13.2. The van der Waals surface area contributed by atoms with E-state index in [-0.39, 0.29) is 5.91 Å². The molecule has 1 fully saturated rings. The summed E-state index contributed by atoms with van der Waals surface area (Å²) in [6.45, 7) is 8.11. The van der Waals surface area contributed by atoms with E-state index in [4.69, 9.17) is 5.73 Å². The summed E-state index contributed by atoms with van der Waals surface area (Å²) < 4.78 is 0. The number of likely N-dealkylation sites (N-methyl/N-ethyl adjacent to an activating group) is 1. The summed E-state index contributed by atoms with van der Waals surface area (Å²) in [4.78, 5) is 16.8. The number of anilines is 2. The molecule has 0 spiro atoms. The van der Waals surface area contributed by atoms with E-state index in [9.17, 15) is 4.79 Å². The first-order valence-corrected chi connectivity index (χ1v) is 7.55. The lowest BCUT2D eigenvalue weighted by atomic mass is 10.1. The number of nitrogens with zero attached hydrogens (tertiary/aromatic N) is 2. The minimum Gasteiger partial charge on any atom is -0.398 e. The molecule has 1 unspecified atom stereocenters. The first kappa shape index (κ1) is 15.8. The van der Waals surface area contributed by atoms with Gasteiger partial charge in [0.1, 0.15) is 0 Å². The average molecular weight is 290 g/mol. The van der Waals surface area contributed by atoms with Gasteiger partial charge >= 0.3 is 0 Å². The van der Waals surface area contributed by atoms with E-state index < -0.39 is 0 Å². The van der Waals surface area contributed by atoms with Crippen molar-refractivity contribution in [3.8, 4) is 0 Å². The van der Waals surface area contributed by atoms with Gasteiger partial charge in [-0.25, -0.2) is 0 Å². The average Bonchev–Trinajstić information content (AvgIpc) is 2.43. The Labute approximate surface area is 127 Å². The van der Waals surface area contributed by atoms with Crippen LogP contribution in [0, 0.1) is 6.92 Å².